The van der Waals surface area contributed by atoms with Crippen LogP contribution in [0, 0.1) is 0 Å². The molecule has 0 atom stereocenters. The number of hydrogen-bond donors (Lipinski definition) is 0. The third-order valence-corrected chi connectivity index (χ3v) is 15.1. The van der Waals surface area contributed by atoms with E-state index >= 15 is 0 Å². The van der Waals surface area contributed by atoms with Gasteiger partial charge in [0.15, 0.2) is 0 Å². The first kappa shape index (κ1) is 44.7. The van der Waals surface area contributed by atoms with Crippen LogP contribution in [-0.4, -0.2) is 0 Å². The molecule has 0 spiro atoms. The monoisotopic (exact) mass is 967 g/mol. The Hall–Kier alpha value is -10.0. The summed E-state index contributed by atoms with van der Waals surface area (Å²) in [6, 6.07) is 108. The molecule has 76 heavy (non-hydrogen) atoms. The van der Waals surface area contributed by atoms with Crippen molar-refractivity contribution in [3.63, 3.8) is 0 Å². The zero-order chi connectivity index (χ0) is 50.4. The summed E-state index contributed by atoms with van der Waals surface area (Å²) in [6.07, 6.45) is 0. The van der Waals surface area contributed by atoms with Gasteiger partial charge in [0.25, 0.3) is 0 Å². The van der Waals surface area contributed by atoms with Crippen molar-refractivity contribution in [3.05, 3.63) is 297 Å². The summed E-state index contributed by atoms with van der Waals surface area (Å²) < 4.78 is 6.96. The lowest BCUT2D eigenvalue weighted by Crippen LogP contribution is -2.10. The summed E-state index contributed by atoms with van der Waals surface area (Å²) >= 11 is 0. The van der Waals surface area contributed by atoms with Crippen molar-refractivity contribution in [2.45, 2.75) is 0 Å². The second-order valence-electron chi connectivity index (χ2n) is 19.6. The smallest absolute Gasteiger partial charge is 0.145 e. The maximum Gasteiger partial charge on any atom is 0.145 e. The van der Waals surface area contributed by atoms with E-state index in [2.05, 4.69) is 302 Å². The molecule has 0 fully saturated rings. The maximum atomic E-state index is 6.96. The molecule has 13 aromatic carbocycles. The van der Waals surface area contributed by atoms with Crippen LogP contribution in [0.1, 0.15) is 0 Å². The fourth-order valence-corrected chi connectivity index (χ4v) is 11.3. The average Bonchev–Trinajstić information content (AvgIpc) is 3.92. The number of furan rings is 1. The van der Waals surface area contributed by atoms with Gasteiger partial charge in [0.2, 0.25) is 0 Å². The molecule has 0 N–H and O–H groups in total. The Bertz CT molecular complexity index is 4420. The molecule has 2 nitrogen and oxygen atoms in total. The molecular weight excluding hydrogens is 919 g/mol. The van der Waals surface area contributed by atoms with Gasteiger partial charge in [-0.05, 0) is 148 Å². The fraction of sp³-hybridized carbons (Fsp3) is 0. The van der Waals surface area contributed by atoms with Crippen LogP contribution in [0.3, 0.4) is 0 Å². The zero-order valence-corrected chi connectivity index (χ0v) is 41.6. The predicted octanol–water partition coefficient (Wildman–Crippen LogP) is 21.0. The largest absolute Gasteiger partial charge is 0.455 e. The Balaban J connectivity index is 0.886. The number of fused-ring (bicyclic) bond motifs is 5. The molecule has 0 bridgehead atoms. The molecule has 0 aliphatic rings. The third kappa shape index (κ3) is 8.10. The molecule has 14 aromatic rings. The van der Waals surface area contributed by atoms with Gasteiger partial charge in [0, 0.05) is 22.3 Å². The van der Waals surface area contributed by atoms with Crippen molar-refractivity contribution < 1.29 is 4.42 Å². The Labute approximate surface area is 442 Å². The van der Waals surface area contributed by atoms with Gasteiger partial charge >= 0.3 is 0 Å². The summed E-state index contributed by atoms with van der Waals surface area (Å²) in [5.74, 6) is 0. The summed E-state index contributed by atoms with van der Waals surface area (Å²) in [5, 5.41) is 7.02. The molecule has 0 unspecified atom stereocenters. The molecular formula is C74H49NO. The molecule has 0 saturated heterocycles. The number of hydrogen-bond acceptors (Lipinski definition) is 2. The van der Waals surface area contributed by atoms with E-state index in [0.29, 0.717) is 0 Å². The first-order valence-electron chi connectivity index (χ1n) is 26.1. The Morgan fingerprint density at radius 2 is 0.697 bits per heavy atom. The summed E-state index contributed by atoms with van der Waals surface area (Å²) in [5.41, 5.74) is 21.2. The van der Waals surface area contributed by atoms with Crippen LogP contribution in [-0.2, 0) is 0 Å². The van der Waals surface area contributed by atoms with Crippen molar-refractivity contribution in [2.75, 3.05) is 4.90 Å². The van der Waals surface area contributed by atoms with Crippen LogP contribution in [0.25, 0.3) is 121 Å². The van der Waals surface area contributed by atoms with E-state index in [1.54, 1.807) is 0 Å². The van der Waals surface area contributed by atoms with Gasteiger partial charge < -0.3 is 9.32 Å². The molecule has 1 aromatic heterocycles. The van der Waals surface area contributed by atoms with Crippen LogP contribution in [0.4, 0.5) is 17.1 Å². The molecule has 14 rings (SSSR count). The highest BCUT2D eigenvalue weighted by Gasteiger charge is 2.23. The van der Waals surface area contributed by atoms with Crippen LogP contribution in [0.15, 0.2) is 302 Å². The van der Waals surface area contributed by atoms with Crippen molar-refractivity contribution in [1.82, 2.24) is 0 Å². The molecule has 2 heteroatoms. The van der Waals surface area contributed by atoms with Gasteiger partial charge in [-0.25, -0.2) is 0 Å². The van der Waals surface area contributed by atoms with Crippen LogP contribution >= 0.6 is 0 Å². The first-order chi connectivity index (χ1) is 37.7. The lowest BCUT2D eigenvalue weighted by atomic mass is 9.88. The van der Waals surface area contributed by atoms with Crippen LogP contribution < -0.4 is 4.90 Å². The lowest BCUT2D eigenvalue weighted by molar-refractivity contribution is 0.670. The van der Waals surface area contributed by atoms with E-state index in [9.17, 15) is 0 Å². The zero-order valence-electron chi connectivity index (χ0n) is 41.6. The second-order valence-corrected chi connectivity index (χ2v) is 19.6. The van der Waals surface area contributed by atoms with E-state index in [1.807, 2.05) is 0 Å². The predicted molar refractivity (Wildman–Crippen MR) is 321 cm³/mol. The van der Waals surface area contributed by atoms with Gasteiger partial charge in [-0.2, -0.15) is 0 Å². The molecule has 0 amide bonds. The molecule has 0 saturated carbocycles. The number of anilines is 3. The van der Waals surface area contributed by atoms with Gasteiger partial charge in [0.1, 0.15) is 11.2 Å². The topological polar surface area (TPSA) is 16.4 Å². The van der Waals surface area contributed by atoms with Crippen molar-refractivity contribution >= 4 is 60.5 Å². The minimum atomic E-state index is 0.855. The number of para-hydroxylation sites is 1. The third-order valence-electron chi connectivity index (χ3n) is 15.1. The highest BCUT2D eigenvalue weighted by atomic mass is 16.3. The van der Waals surface area contributed by atoms with E-state index in [1.165, 1.54) is 77.2 Å². The van der Waals surface area contributed by atoms with Crippen LogP contribution in [0.5, 0.6) is 0 Å². The van der Waals surface area contributed by atoms with Gasteiger partial charge in [-0.15, -0.1) is 0 Å². The number of rotatable bonds is 10. The van der Waals surface area contributed by atoms with E-state index in [0.717, 1.165) is 61.3 Å². The Kier molecular flexibility index (Phi) is 11.2. The van der Waals surface area contributed by atoms with Crippen LogP contribution in [0.2, 0.25) is 0 Å². The molecule has 356 valence electrons. The minimum absolute atomic E-state index is 0.855. The highest BCUT2D eigenvalue weighted by Crippen LogP contribution is 2.48. The standard InChI is InChI=1S/C74H49NO/c1-3-17-54(18-4-1)66-45-40-60(49-70(66)56-19-5-2-6-20-56)65-26-12-11-24-63(65)57-38-43-62(44-39-57)75(61-41-36-52(37-42-61)51-30-32-53(33-31-51)59-35-34-50-16-7-8-22-58(50)48-59)71-47-46-68(67-28-15-23-55-21-9-10-25-64(55)67)74-73(71)69-27-13-14-29-72(69)76-74/h1-49H. The number of benzene rings is 13. The summed E-state index contributed by atoms with van der Waals surface area (Å²) in [7, 11) is 0. The lowest BCUT2D eigenvalue weighted by Gasteiger charge is -2.27. The minimum Gasteiger partial charge on any atom is -0.455 e. The first-order valence-corrected chi connectivity index (χ1v) is 26.1. The molecule has 1 heterocycles. The average molecular weight is 968 g/mol. The van der Waals surface area contributed by atoms with Gasteiger partial charge in [0.05, 0.1) is 11.1 Å². The quantitative estimate of drug-likeness (QED) is 0.136. The Morgan fingerprint density at radius 1 is 0.237 bits per heavy atom. The SMILES string of the molecule is c1ccc(-c2ccc(-c3ccccc3-c3ccc(N(c4ccc(-c5ccc(-c6ccc7ccccc7c6)cc5)cc4)c4ccc(-c5cccc6ccccc56)c5oc6ccccc6c45)cc3)cc2-c2ccccc2)cc1. The number of nitrogens with zero attached hydrogens (tertiary/aromatic N) is 1. The fourth-order valence-electron chi connectivity index (χ4n) is 11.3. The summed E-state index contributed by atoms with van der Waals surface area (Å²) in [4.78, 5) is 2.40. The van der Waals surface area contributed by atoms with Crippen molar-refractivity contribution in [2.24, 2.45) is 0 Å². The Morgan fingerprint density at radius 3 is 1.41 bits per heavy atom. The molecule has 0 aliphatic carbocycles. The van der Waals surface area contributed by atoms with Crippen molar-refractivity contribution in [1.29, 1.82) is 0 Å². The van der Waals surface area contributed by atoms with Gasteiger partial charge in [-0.3, -0.25) is 0 Å². The highest BCUT2D eigenvalue weighted by molar-refractivity contribution is 6.18. The summed E-state index contributed by atoms with van der Waals surface area (Å²) in [6.45, 7) is 0. The van der Waals surface area contributed by atoms with E-state index in [-0.39, 0.29) is 0 Å². The molecule has 0 aliphatic heterocycles. The van der Waals surface area contributed by atoms with E-state index < -0.39 is 0 Å². The normalized spacial score (nSPS) is 11.4. The van der Waals surface area contributed by atoms with Gasteiger partial charge in [-0.1, -0.05) is 243 Å². The maximum absolute atomic E-state index is 6.96. The molecule has 0 radical (unpaired) electrons. The van der Waals surface area contributed by atoms with Crippen molar-refractivity contribution in [3.8, 4) is 77.9 Å². The second kappa shape index (κ2) is 19.1. The van der Waals surface area contributed by atoms with E-state index in [4.69, 9.17) is 4.42 Å².